The molecule has 7 rings (SSSR count). The molecule has 2 bridgehead atoms. The monoisotopic (exact) mass is 684 g/mol. The highest BCUT2D eigenvalue weighted by Gasteiger charge is 2.84. The molecule has 6 aliphatic carbocycles. The van der Waals surface area contributed by atoms with Gasteiger partial charge < -0.3 is 25.5 Å². The Morgan fingerprint density at radius 1 is 1.00 bits per heavy atom. The van der Waals surface area contributed by atoms with Crippen LogP contribution in [0.4, 0.5) is 0 Å². The van der Waals surface area contributed by atoms with Crippen LogP contribution in [0.5, 0.6) is 0 Å². The molecule has 1 spiro atoms. The molecule has 10 atom stereocenters. The Morgan fingerprint density at radius 2 is 1.68 bits per heavy atom. The van der Waals surface area contributed by atoms with E-state index in [9.17, 15) is 35.1 Å². The summed E-state index contributed by atoms with van der Waals surface area (Å²) in [4.78, 5) is 40.4. The third-order valence-electron chi connectivity index (χ3n) is 15.4. The first-order chi connectivity index (χ1) is 23.3. The minimum absolute atomic E-state index is 0.0464. The summed E-state index contributed by atoms with van der Waals surface area (Å²) in [5.41, 5.74) is -5.30. The summed E-state index contributed by atoms with van der Waals surface area (Å²) in [6, 6.07) is 9.84. The molecule has 3 fully saturated rings. The second kappa shape index (κ2) is 10.8. The van der Waals surface area contributed by atoms with Crippen LogP contribution in [0.15, 0.2) is 71.0 Å². The second-order valence-electron chi connectivity index (χ2n) is 17.7. The third kappa shape index (κ3) is 4.07. The fourth-order valence-electron chi connectivity index (χ4n) is 13.2. The van der Waals surface area contributed by atoms with Gasteiger partial charge in [0.2, 0.25) is 0 Å². The van der Waals surface area contributed by atoms with E-state index in [4.69, 9.17) is 0 Å². The largest absolute Gasteiger partial charge is 0.509 e. The lowest BCUT2D eigenvalue weighted by atomic mass is 9.33. The molecule has 1 aromatic rings. The lowest BCUT2D eigenvalue weighted by Crippen LogP contribution is -2.71. The maximum atomic E-state index is 15.1. The molecule has 0 radical (unpaired) electrons. The number of carboxylic acids is 1. The average Bonchev–Trinajstić information content (AvgIpc) is 3.13. The molecular weight excluding hydrogens is 632 g/mol. The topological polar surface area (TPSA) is 152 Å². The first-order valence-corrected chi connectivity index (χ1v) is 18.3. The van der Waals surface area contributed by atoms with Gasteiger partial charge in [-0.15, -0.1) is 0 Å². The van der Waals surface area contributed by atoms with Crippen LogP contribution < -0.4 is 0 Å². The summed E-state index contributed by atoms with van der Waals surface area (Å²) in [7, 11) is 0. The van der Waals surface area contributed by atoms with Gasteiger partial charge in [0.05, 0.1) is 11.2 Å². The number of carbonyl (C=O) groups excluding carboxylic acids is 2. The zero-order valence-electron chi connectivity index (χ0n) is 30.1. The minimum Gasteiger partial charge on any atom is -0.509 e. The molecule has 8 nitrogen and oxygen atoms in total. The van der Waals surface area contributed by atoms with Crippen LogP contribution in [-0.2, 0) is 14.4 Å². The number of hydrogen-bond acceptors (Lipinski definition) is 7. The highest BCUT2D eigenvalue weighted by Crippen LogP contribution is 2.84. The van der Waals surface area contributed by atoms with Gasteiger partial charge in [-0.1, -0.05) is 89.6 Å². The highest BCUT2D eigenvalue weighted by molar-refractivity contribution is 6.02. The number of aliphatic hydroxyl groups excluding tert-OH is 2. The number of aliphatic hydroxyl groups is 4. The maximum absolute atomic E-state index is 15.1. The van der Waals surface area contributed by atoms with Crippen molar-refractivity contribution in [2.75, 3.05) is 0 Å². The molecule has 0 heterocycles. The molecule has 5 N–H and O–H groups in total. The van der Waals surface area contributed by atoms with Crippen LogP contribution in [-0.4, -0.2) is 60.4 Å². The van der Waals surface area contributed by atoms with Crippen LogP contribution in [0.2, 0.25) is 0 Å². The smallest absolute Gasteiger partial charge is 0.334 e. The van der Waals surface area contributed by atoms with Crippen molar-refractivity contribution in [2.45, 2.75) is 110 Å². The van der Waals surface area contributed by atoms with Crippen LogP contribution in [0.25, 0.3) is 6.08 Å². The number of Topliss-reactive ketones (excluding diaryl/α,β-unsaturated/α-hetero) is 2. The van der Waals surface area contributed by atoms with Gasteiger partial charge in [0, 0.05) is 40.6 Å². The van der Waals surface area contributed by atoms with Crippen LogP contribution in [0.1, 0.15) is 98.5 Å². The molecule has 0 unspecified atom stereocenters. The van der Waals surface area contributed by atoms with Crippen molar-refractivity contribution in [3.63, 3.8) is 0 Å². The Balaban J connectivity index is 1.46. The molecule has 6 aliphatic rings. The fourth-order valence-corrected chi connectivity index (χ4v) is 13.2. The van der Waals surface area contributed by atoms with Crippen molar-refractivity contribution in [2.24, 2.45) is 44.8 Å². The number of rotatable bonds is 7. The van der Waals surface area contributed by atoms with Gasteiger partial charge in [-0.3, -0.25) is 9.59 Å². The predicted molar refractivity (Wildman–Crippen MR) is 188 cm³/mol. The van der Waals surface area contributed by atoms with Gasteiger partial charge in [0.1, 0.15) is 23.2 Å². The van der Waals surface area contributed by atoms with Crippen molar-refractivity contribution >= 4 is 23.6 Å². The first kappa shape index (κ1) is 35.1. The van der Waals surface area contributed by atoms with Crippen LogP contribution in [0, 0.1) is 44.8 Å². The summed E-state index contributed by atoms with van der Waals surface area (Å²) >= 11 is 0. The summed E-state index contributed by atoms with van der Waals surface area (Å²) in [5.74, 6) is -3.13. The molecule has 0 aromatic heterocycles. The number of fused-ring (bicyclic) bond motifs is 2. The van der Waals surface area contributed by atoms with E-state index in [1.54, 1.807) is 12.2 Å². The van der Waals surface area contributed by atoms with Crippen molar-refractivity contribution in [1.82, 2.24) is 0 Å². The number of ketones is 2. The van der Waals surface area contributed by atoms with Crippen LogP contribution >= 0.6 is 0 Å². The SMILES string of the molecule is C/C(C(=O)O)=C(/O)[C@@H](O)C[C@@H](C)[C@]12CCC[C@]34C5=C(C(=O)C[C@]13C)[C@@]1(C)CCC(=O)C(C)(C)[C@H]1[C@@H](/C=C/c1ccccc1)[C@]5(O)C=C[C@]4(O)C2. The zero-order valence-corrected chi connectivity index (χ0v) is 30.1. The highest BCUT2D eigenvalue weighted by atomic mass is 16.4. The number of carbonyl (C=O) groups is 3. The van der Waals surface area contributed by atoms with E-state index in [2.05, 4.69) is 13.8 Å². The minimum atomic E-state index is -1.65. The van der Waals surface area contributed by atoms with E-state index in [0.29, 0.717) is 43.3 Å². The van der Waals surface area contributed by atoms with E-state index in [-0.39, 0.29) is 35.9 Å². The average molecular weight is 685 g/mol. The zero-order chi connectivity index (χ0) is 36.4. The van der Waals surface area contributed by atoms with Gasteiger partial charge in [-0.05, 0) is 78.9 Å². The second-order valence-corrected chi connectivity index (χ2v) is 17.7. The molecule has 3 saturated carbocycles. The molecule has 50 heavy (non-hydrogen) atoms. The van der Waals surface area contributed by atoms with Gasteiger partial charge in [-0.2, -0.15) is 0 Å². The maximum Gasteiger partial charge on any atom is 0.334 e. The van der Waals surface area contributed by atoms with Crippen molar-refractivity contribution < 1.29 is 39.9 Å². The summed E-state index contributed by atoms with van der Waals surface area (Å²) in [5, 5.41) is 57.9. The third-order valence-corrected chi connectivity index (χ3v) is 15.4. The Kier molecular flexibility index (Phi) is 7.61. The molecule has 0 aliphatic heterocycles. The van der Waals surface area contributed by atoms with Crippen LogP contribution in [0.3, 0.4) is 0 Å². The molecule has 8 heteroatoms. The van der Waals surface area contributed by atoms with Crippen molar-refractivity contribution in [3.8, 4) is 0 Å². The Bertz CT molecular complexity index is 1800. The number of allylic oxidation sites excluding steroid dienone is 1. The summed E-state index contributed by atoms with van der Waals surface area (Å²) in [6.45, 7) is 11.3. The quantitative estimate of drug-likeness (QED) is 0.124. The molecule has 0 saturated heterocycles. The van der Waals surface area contributed by atoms with E-state index in [0.717, 1.165) is 12.0 Å². The number of hydrogen-bond donors (Lipinski definition) is 5. The van der Waals surface area contributed by atoms with Gasteiger partial charge >= 0.3 is 5.97 Å². The lowest BCUT2D eigenvalue weighted by Gasteiger charge is -2.70. The molecule has 0 amide bonds. The lowest BCUT2D eigenvalue weighted by molar-refractivity contribution is -0.176. The summed E-state index contributed by atoms with van der Waals surface area (Å²) in [6.07, 6.45) is 9.38. The number of benzene rings is 1. The van der Waals surface area contributed by atoms with E-state index in [1.165, 1.54) is 6.92 Å². The number of aliphatic carboxylic acids is 1. The normalized spacial score (nSPS) is 42.9. The van der Waals surface area contributed by atoms with E-state index >= 15 is 4.79 Å². The molecule has 1 aromatic carbocycles. The Hall–Kier alpha value is -3.33. The number of carboxylic acid groups (broad SMARTS) is 1. The Labute approximate surface area is 294 Å². The van der Waals surface area contributed by atoms with Gasteiger partial charge in [0.15, 0.2) is 5.78 Å². The van der Waals surface area contributed by atoms with Gasteiger partial charge in [0.25, 0.3) is 0 Å². The predicted octanol–water partition coefficient (Wildman–Crippen LogP) is 6.51. The molecular formula is C42H52O8. The van der Waals surface area contributed by atoms with E-state index in [1.807, 2.05) is 63.3 Å². The molecule has 268 valence electrons. The fraction of sp³-hybridized carbons (Fsp3) is 0.595. The summed E-state index contributed by atoms with van der Waals surface area (Å²) < 4.78 is 0. The standard InChI is InChI=1S/C42H52O8/c1-24(21-28(43)32(46)25(2)35(47)48)39-16-10-17-42-34-31(29(44)22-38(39,42)6)37(5)18-15-30(45)36(3,4)33(37)27(14-13-26-11-8-7-9-12-26)41(34,50)20-19-40(42,49)23-39/h7-9,11-14,19-20,24,27-28,33,43,46,49-50H,10,15-18,21-23H2,1-6H3,(H,47,48)/b14-13+,32-25-/t24-,27-,28+,33-,37-,38-,39-,40+,41-,42+/m1/s1. The van der Waals surface area contributed by atoms with Gasteiger partial charge in [-0.25, -0.2) is 4.79 Å². The van der Waals surface area contributed by atoms with Crippen molar-refractivity contribution in [3.05, 3.63) is 76.6 Å². The van der Waals surface area contributed by atoms with E-state index < -0.39 is 67.9 Å². The Morgan fingerprint density at radius 3 is 2.34 bits per heavy atom. The van der Waals surface area contributed by atoms with Crippen molar-refractivity contribution in [1.29, 1.82) is 0 Å². The first-order valence-electron chi connectivity index (χ1n) is 18.3.